The normalized spacial score (nSPS) is 11.4. The van der Waals surface area contributed by atoms with Crippen LogP contribution in [0.15, 0.2) is 12.2 Å². The Bertz CT molecular complexity index is 401. The summed E-state index contributed by atoms with van der Waals surface area (Å²) in [6.45, 7) is 5.37. The monoisotopic (exact) mass is 250 g/mol. The topological polar surface area (TPSA) is 61.0 Å². The van der Waals surface area contributed by atoms with E-state index in [1.54, 1.807) is 6.08 Å². The zero-order chi connectivity index (χ0) is 13.5. The molecule has 0 aliphatic heterocycles. The largest absolute Gasteiger partial charge is 0.352 e. The van der Waals surface area contributed by atoms with Gasteiger partial charge < -0.3 is 10.2 Å². The number of hydrogen-bond acceptors (Lipinski definition) is 3. The van der Waals surface area contributed by atoms with E-state index in [9.17, 15) is 4.79 Å². The molecular weight excluding hydrogens is 228 g/mol. The quantitative estimate of drug-likeness (QED) is 0.734. The van der Waals surface area contributed by atoms with Gasteiger partial charge in [0.2, 0.25) is 5.91 Å². The Kier molecular flexibility index (Phi) is 5.58. The van der Waals surface area contributed by atoms with Crippen molar-refractivity contribution in [2.45, 2.75) is 20.3 Å². The zero-order valence-electron chi connectivity index (χ0n) is 11.6. The number of nitrogens with one attached hydrogen (secondary N) is 2. The van der Waals surface area contributed by atoms with E-state index in [0.29, 0.717) is 6.54 Å². The number of rotatable bonds is 6. The predicted molar refractivity (Wildman–Crippen MR) is 72.5 cm³/mol. The maximum absolute atomic E-state index is 11.5. The van der Waals surface area contributed by atoms with Crippen LogP contribution in [0.1, 0.15) is 17.0 Å². The molecule has 0 atom stereocenters. The van der Waals surface area contributed by atoms with Crippen molar-refractivity contribution >= 4 is 5.91 Å². The first-order valence-electron chi connectivity index (χ1n) is 6.10. The number of likely N-dealkylation sites (N-methyl/N-ethyl adjacent to an activating group) is 1. The zero-order valence-corrected chi connectivity index (χ0v) is 11.6. The maximum Gasteiger partial charge on any atom is 0.243 e. The second-order valence-corrected chi connectivity index (χ2v) is 4.62. The fourth-order valence-electron chi connectivity index (χ4n) is 1.68. The summed E-state index contributed by atoms with van der Waals surface area (Å²) in [4.78, 5) is 13.5. The number of nitrogens with zero attached hydrogens (tertiary/aromatic N) is 2. The van der Waals surface area contributed by atoms with E-state index in [0.717, 1.165) is 24.4 Å². The molecule has 1 rings (SSSR count). The van der Waals surface area contributed by atoms with Crippen molar-refractivity contribution in [1.82, 2.24) is 20.4 Å². The lowest BCUT2D eigenvalue weighted by Crippen LogP contribution is -2.24. The molecule has 0 unspecified atom stereocenters. The average Bonchev–Trinajstić information content (AvgIpc) is 2.60. The van der Waals surface area contributed by atoms with Gasteiger partial charge in [0.1, 0.15) is 0 Å². The first-order valence-corrected chi connectivity index (χ1v) is 6.10. The van der Waals surface area contributed by atoms with E-state index in [-0.39, 0.29) is 5.91 Å². The Labute approximate surface area is 108 Å². The Morgan fingerprint density at radius 1 is 1.44 bits per heavy atom. The molecule has 0 saturated heterocycles. The Morgan fingerprint density at radius 2 is 2.17 bits per heavy atom. The maximum atomic E-state index is 11.5. The van der Waals surface area contributed by atoms with Crippen molar-refractivity contribution in [2.75, 3.05) is 27.2 Å². The summed E-state index contributed by atoms with van der Waals surface area (Å²) in [5, 5.41) is 9.93. The van der Waals surface area contributed by atoms with Crippen LogP contribution < -0.4 is 5.32 Å². The molecule has 0 spiro atoms. The fourth-order valence-corrected chi connectivity index (χ4v) is 1.68. The number of amides is 1. The Hall–Kier alpha value is -1.62. The Balaban J connectivity index is 2.30. The Morgan fingerprint density at radius 3 is 2.72 bits per heavy atom. The molecule has 0 fully saturated rings. The number of aromatic amines is 1. The van der Waals surface area contributed by atoms with Crippen LogP contribution in [0.5, 0.6) is 0 Å². The van der Waals surface area contributed by atoms with Crippen LogP contribution in [-0.2, 0) is 11.2 Å². The first kappa shape index (κ1) is 14.4. The second kappa shape index (κ2) is 6.96. The summed E-state index contributed by atoms with van der Waals surface area (Å²) in [6.07, 6.45) is 4.24. The summed E-state index contributed by atoms with van der Waals surface area (Å²) in [5.41, 5.74) is 3.27. The first-order chi connectivity index (χ1) is 8.50. The minimum Gasteiger partial charge on any atom is -0.352 e. The summed E-state index contributed by atoms with van der Waals surface area (Å²) in [7, 11) is 3.93. The molecule has 100 valence electrons. The van der Waals surface area contributed by atoms with Gasteiger partial charge in [-0.05, 0) is 39.9 Å². The highest BCUT2D eigenvalue weighted by molar-refractivity contribution is 5.87. The molecule has 0 saturated carbocycles. The van der Waals surface area contributed by atoms with Crippen LogP contribution in [-0.4, -0.2) is 48.2 Å². The summed E-state index contributed by atoms with van der Waals surface area (Å²) in [5.74, 6) is -0.0457. The smallest absolute Gasteiger partial charge is 0.243 e. The molecule has 0 aliphatic rings. The molecule has 0 radical (unpaired) electrons. The van der Waals surface area contributed by atoms with Crippen LogP contribution in [0.25, 0.3) is 0 Å². The van der Waals surface area contributed by atoms with Gasteiger partial charge in [-0.15, -0.1) is 0 Å². The molecule has 1 heterocycles. The van der Waals surface area contributed by atoms with Crippen molar-refractivity contribution in [3.63, 3.8) is 0 Å². The third-order valence-corrected chi connectivity index (χ3v) is 2.69. The van der Waals surface area contributed by atoms with E-state index in [1.807, 2.05) is 38.9 Å². The third-order valence-electron chi connectivity index (χ3n) is 2.69. The molecule has 1 amide bonds. The van der Waals surface area contributed by atoms with Crippen LogP contribution in [0.2, 0.25) is 0 Å². The van der Waals surface area contributed by atoms with E-state index < -0.39 is 0 Å². The SMILES string of the molecule is Cc1n[nH]c(C)c1CCNC(=O)/C=C/CN(C)C. The van der Waals surface area contributed by atoms with E-state index in [1.165, 1.54) is 5.56 Å². The van der Waals surface area contributed by atoms with E-state index in [4.69, 9.17) is 0 Å². The van der Waals surface area contributed by atoms with Gasteiger partial charge in [0.25, 0.3) is 0 Å². The number of aromatic nitrogens is 2. The molecule has 5 heteroatoms. The van der Waals surface area contributed by atoms with Crippen molar-refractivity contribution in [3.05, 3.63) is 29.1 Å². The molecule has 0 aliphatic carbocycles. The van der Waals surface area contributed by atoms with Gasteiger partial charge in [0.15, 0.2) is 0 Å². The summed E-state index contributed by atoms with van der Waals surface area (Å²) >= 11 is 0. The molecular formula is C13H22N4O. The number of carbonyl (C=O) groups excluding carboxylic acids is 1. The number of aryl methyl sites for hydroxylation is 2. The van der Waals surface area contributed by atoms with Crippen molar-refractivity contribution in [2.24, 2.45) is 0 Å². The van der Waals surface area contributed by atoms with Crippen molar-refractivity contribution in [1.29, 1.82) is 0 Å². The van der Waals surface area contributed by atoms with Gasteiger partial charge in [-0.3, -0.25) is 9.89 Å². The molecule has 5 nitrogen and oxygen atoms in total. The lowest BCUT2D eigenvalue weighted by Gasteiger charge is -2.05. The molecule has 0 bridgehead atoms. The molecule has 0 aromatic carbocycles. The second-order valence-electron chi connectivity index (χ2n) is 4.62. The highest BCUT2D eigenvalue weighted by Crippen LogP contribution is 2.08. The number of carbonyl (C=O) groups is 1. The summed E-state index contributed by atoms with van der Waals surface area (Å²) in [6, 6.07) is 0. The lowest BCUT2D eigenvalue weighted by molar-refractivity contribution is -0.116. The highest BCUT2D eigenvalue weighted by atomic mass is 16.1. The van der Waals surface area contributed by atoms with Gasteiger partial charge in [-0.2, -0.15) is 5.10 Å². The molecule has 2 N–H and O–H groups in total. The minimum absolute atomic E-state index is 0.0457. The molecule has 18 heavy (non-hydrogen) atoms. The van der Waals surface area contributed by atoms with E-state index >= 15 is 0 Å². The summed E-state index contributed by atoms with van der Waals surface area (Å²) < 4.78 is 0. The fraction of sp³-hybridized carbons (Fsp3) is 0.538. The minimum atomic E-state index is -0.0457. The standard InChI is InChI=1S/C13H22N4O/c1-10-12(11(2)16-15-10)7-8-14-13(18)6-5-9-17(3)4/h5-6H,7-9H2,1-4H3,(H,14,18)(H,15,16)/b6-5+. The van der Waals surface area contributed by atoms with Crippen molar-refractivity contribution < 1.29 is 4.79 Å². The third kappa shape index (κ3) is 4.71. The van der Waals surface area contributed by atoms with Gasteiger partial charge in [-0.25, -0.2) is 0 Å². The molecule has 1 aromatic heterocycles. The van der Waals surface area contributed by atoms with Crippen molar-refractivity contribution in [3.8, 4) is 0 Å². The molecule has 1 aromatic rings. The van der Waals surface area contributed by atoms with Gasteiger partial charge in [0.05, 0.1) is 5.69 Å². The van der Waals surface area contributed by atoms with Gasteiger partial charge in [0, 0.05) is 24.9 Å². The van der Waals surface area contributed by atoms with Gasteiger partial charge >= 0.3 is 0 Å². The van der Waals surface area contributed by atoms with Crippen LogP contribution in [0, 0.1) is 13.8 Å². The highest BCUT2D eigenvalue weighted by Gasteiger charge is 2.05. The number of hydrogen-bond donors (Lipinski definition) is 2. The van der Waals surface area contributed by atoms with Crippen LogP contribution >= 0.6 is 0 Å². The average molecular weight is 250 g/mol. The van der Waals surface area contributed by atoms with Gasteiger partial charge in [-0.1, -0.05) is 6.08 Å². The predicted octanol–water partition coefficient (Wildman–Crippen LogP) is 0.803. The van der Waals surface area contributed by atoms with Crippen LogP contribution in [0.4, 0.5) is 0 Å². The van der Waals surface area contributed by atoms with E-state index in [2.05, 4.69) is 15.5 Å². The number of H-pyrrole nitrogens is 1. The van der Waals surface area contributed by atoms with Crippen LogP contribution in [0.3, 0.4) is 0 Å². The lowest BCUT2D eigenvalue weighted by atomic mass is 10.1.